The van der Waals surface area contributed by atoms with Crippen molar-refractivity contribution in [2.45, 2.75) is 25.3 Å². The maximum Gasteiger partial charge on any atom is 0.244 e. The zero-order chi connectivity index (χ0) is 22.8. The van der Waals surface area contributed by atoms with Gasteiger partial charge in [0.1, 0.15) is 6.54 Å². The molecule has 0 bridgehead atoms. The summed E-state index contributed by atoms with van der Waals surface area (Å²) < 4.78 is 1.68. The largest absolute Gasteiger partial charge is 0.347 e. The minimum atomic E-state index is 0.0949. The summed E-state index contributed by atoms with van der Waals surface area (Å²) >= 11 is 0. The van der Waals surface area contributed by atoms with E-state index in [-0.39, 0.29) is 18.4 Å². The number of piperidine rings is 1. The van der Waals surface area contributed by atoms with Crippen LogP contribution >= 0.6 is 0 Å². The van der Waals surface area contributed by atoms with Crippen molar-refractivity contribution in [3.05, 3.63) is 72.8 Å². The van der Waals surface area contributed by atoms with Crippen LogP contribution in [0.3, 0.4) is 0 Å². The number of carbonyl (C=O) groups excluding carboxylic acids is 1. The summed E-state index contributed by atoms with van der Waals surface area (Å²) in [6.45, 7) is 1.70. The monoisotopic (exact) mass is 440 g/mol. The molecule has 2 aromatic heterocycles. The van der Waals surface area contributed by atoms with Crippen LogP contribution in [0.2, 0.25) is 0 Å². The number of nitrogens with zero attached hydrogens (tertiary/aromatic N) is 6. The van der Waals surface area contributed by atoms with E-state index in [1.165, 1.54) is 10.8 Å². The van der Waals surface area contributed by atoms with E-state index in [2.05, 4.69) is 52.5 Å². The van der Waals surface area contributed by atoms with E-state index < -0.39 is 0 Å². The standard InChI is InChI=1S/C26H28N6O/c1-30(2)26-27-16-23(21-11-10-19-7-3-4-8-20(19)15-21)25(29-26)22-9-5-13-31(17-22)24(33)18-32-14-6-12-28-32/h3-4,6-8,10-12,14-16,22H,5,9,13,17-18H2,1-2H3/t22-/m1/s1. The van der Waals surface area contributed by atoms with Crippen LogP contribution in [-0.2, 0) is 11.3 Å². The van der Waals surface area contributed by atoms with Crippen LogP contribution in [-0.4, -0.2) is 57.7 Å². The van der Waals surface area contributed by atoms with Crippen molar-refractivity contribution in [2.75, 3.05) is 32.1 Å². The molecule has 1 amide bonds. The molecule has 5 rings (SSSR count). The number of aromatic nitrogens is 4. The molecule has 2 aromatic carbocycles. The molecule has 4 aromatic rings. The van der Waals surface area contributed by atoms with Gasteiger partial charge in [0, 0.05) is 57.3 Å². The third-order valence-electron chi connectivity index (χ3n) is 6.28. The lowest BCUT2D eigenvalue weighted by atomic mass is 9.89. The van der Waals surface area contributed by atoms with Gasteiger partial charge in [-0.15, -0.1) is 0 Å². The van der Waals surface area contributed by atoms with E-state index in [4.69, 9.17) is 4.98 Å². The third-order valence-corrected chi connectivity index (χ3v) is 6.28. The quantitative estimate of drug-likeness (QED) is 0.470. The topological polar surface area (TPSA) is 67.2 Å². The number of carbonyl (C=O) groups is 1. The molecule has 3 heterocycles. The number of anilines is 1. The molecular formula is C26H28N6O. The van der Waals surface area contributed by atoms with Crippen LogP contribution < -0.4 is 4.90 Å². The molecule has 0 unspecified atom stereocenters. The van der Waals surface area contributed by atoms with Crippen molar-refractivity contribution in [1.29, 1.82) is 0 Å². The second-order valence-electron chi connectivity index (χ2n) is 8.81. The number of likely N-dealkylation sites (tertiary alicyclic amines) is 1. The van der Waals surface area contributed by atoms with E-state index in [0.29, 0.717) is 12.5 Å². The van der Waals surface area contributed by atoms with E-state index in [9.17, 15) is 4.79 Å². The van der Waals surface area contributed by atoms with Crippen molar-refractivity contribution in [3.63, 3.8) is 0 Å². The van der Waals surface area contributed by atoms with Crippen molar-refractivity contribution in [2.24, 2.45) is 0 Å². The minimum absolute atomic E-state index is 0.0949. The molecule has 0 radical (unpaired) electrons. The van der Waals surface area contributed by atoms with Gasteiger partial charge in [0.25, 0.3) is 0 Å². The second kappa shape index (κ2) is 9.02. The Kier molecular flexibility index (Phi) is 5.77. The maximum absolute atomic E-state index is 12.9. The lowest BCUT2D eigenvalue weighted by Gasteiger charge is -2.33. The Morgan fingerprint density at radius 3 is 2.76 bits per heavy atom. The zero-order valence-corrected chi connectivity index (χ0v) is 19.1. The average Bonchev–Trinajstić information content (AvgIpc) is 3.36. The molecule has 7 nitrogen and oxygen atoms in total. The Balaban J connectivity index is 1.48. The van der Waals surface area contributed by atoms with Gasteiger partial charge >= 0.3 is 0 Å². The summed E-state index contributed by atoms with van der Waals surface area (Å²) in [4.78, 5) is 26.4. The van der Waals surface area contributed by atoms with Crippen LogP contribution in [0.15, 0.2) is 67.1 Å². The Hall–Kier alpha value is -3.74. The molecule has 7 heteroatoms. The lowest BCUT2D eigenvalue weighted by molar-refractivity contribution is -0.133. The number of rotatable bonds is 5. The Bertz CT molecular complexity index is 1270. The number of fused-ring (bicyclic) bond motifs is 1. The molecule has 0 aliphatic carbocycles. The van der Waals surface area contributed by atoms with E-state index in [1.807, 2.05) is 42.4 Å². The highest BCUT2D eigenvalue weighted by Crippen LogP contribution is 2.35. The molecule has 0 saturated carbocycles. The van der Waals surface area contributed by atoms with Gasteiger partial charge in [-0.2, -0.15) is 5.10 Å². The Morgan fingerprint density at radius 2 is 1.97 bits per heavy atom. The number of hydrogen-bond donors (Lipinski definition) is 0. The SMILES string of the molecule is CN(C)c1ncc(-c2ccc3ccccc3c2)c([C@@H]2CCCN(C(=O)Cn3cccn3)C2)n1. The molecule has 168 valence electrons. The average molecular weight is 441 g/mol. The molecule has 0 N–H and O–H groups in total. The highest BCUT2D eigenvalue weighted by atomic mass is 16.2. The minimum Gasteiger partial charge on any atom is -0.347 e. The summed E-state index contributed by atoms with van der Waals surface area (Å²) in [5, 5.41) is 6.58. The molecule has 1 fully saturated rings. The highest BCUT2D eigenvalue weighted by Gasteiger charge is 2.28. The summed E-state index contributed by atoms with van der Waals surface area (Å²) in [7, 11) is 3.91. The predicted octanol–water partition coefficient (Wildman–Crippen LogP) is 3.97. The first-order chi connectivity index (χ1) is 16.1. The van der Waals surface area contributed by atoms with Gasteiger partial charge in [-0.05, 0) is 41.3 Å². The van der Waals surface area contributed by atoms with Crippen LogP contribution in [0.5, 0.6) is 0 Å². The number of amides is 1. The van der Waals surface area contributed by atoms with Crippen LogP contribution in [0, 0.1) is 0 Å². The molecule has 1 atom stereocenters. The van der Waals surface area contributed by atoms with Gasteiger partial charge in [0.15, 0.2) is 0 Å². The van der Waals surface area contributed by atoms with Gasteiger partial charge in [0.2, 0.25) is 11.9 Å². The first kappa shape index (κ1) is 21.1. The van der Waals surface area contributed by atoms with E-state index >= 15 is 0 Å². The number of hydrogen-bond acceptors (Lipinski definition) is 5. The van der Waals surface area contributed by atoms with Crippen molar-refractivity contribution in [1.82, 2.24) is 24.6 Å². The van der Waals surface area contributed by atoms with Gasteiger partial charge in [0.05, 0.1) is 5.69 Å². The summed E-state index contributed by atoms with van der Waals surface area (Å²) in [5.41, 5.74) is 3.16. The van der Waals surface area contributed by atoms with Crippen LogP contribution in [0.4, 0.5) is 5.95 Å². The zero-order valence-electron chi connectivity index (χ0n) is 19.1. The molecule has 1 aliphatic rings. The lowest BCUT2D eigenvalue weighted by Crippen LogP contribution is -2.41. The first-order valence-electron chi connectivity index (χ1n) is 11.4. The number of benzene rings is 2. The molecule has 1 aliphatic heterocycles. The van der Waals surface area contributed by atoms with E-state index in [0.717, 1.165) is 36.2 Å². The van der Waals surface area contributed by atoms with Crippen molar-refractivity contribution < 1.29 is 4.79 Å². The van der Waals surface area contributed by atoms with Gasteiger partial charge in [-0.3, -0.25) is 9.48 Å². The van der Waals surface area contributed by atoms with Crippen molar-refractivity contribution in [3.8, 4) is 11.1 Å². The fourth-order valence-electron chi connectivity index (χ4n) is 4.55. The van der Waals surface area contributed by atoms with Gasteiger partial charge < -0.3 is 9.80 Å². The summed E-state index contributed by atoms with van der Waals surface area (Å²) in [5.74, 6) is 0.940. The molecule has 33 heavy (non-hydrogen) atoms. The van der Waals surface area contributed by atoms with Crippen LogP contribution in [0.1, 0.15) is 24.5 Å². The normalized spacial score (nSPS) is 16.2. The Labute approximate surface area is 193 Å². The third kappa shape index (κ3) is 4.44. The summed E-state index contributed by atoms with van der Waals surface area (Å²) in [6.07, 6.45) is 7.41. The fourth-order valence-corrected chi connectivity index (χ4v) is 4.55. The van der Waals surface area contributed by atoms with Crippen molar-refractivity contribution >= 4 is 22.6 Å². The molecular weight excluding hydrogens is 412 g/mol. The maximum atomic E-state index is 12.9. The van der Waals surface area contributed by atoms with E-state index in [1.54, 1.807) is 10.9 Å². The highest BCUT2D eigenvalue weighted by molar-refractivity contribution is 5.87. The predicted molar refractivity (Wildman–Crippen MR) is 130 cm³/mol. The smallest absolute Gasteiger partial charge is 0.244 e. The Morgan fingerprint density at radius 1 is 1.12 bits per heavy atom. The fraction of sp³-hybridized carbons (Fsp3) is 0.308. The first-order valence-corrected chi connectivity index (χ1v) is 11.4. The summed E-state index contributed by atoms with van der Waals surface area (Å²) in [6, 6.07) is 16.7. The van der Waals surface area contributed by atoms with Gasteiger partial charge in [-0.25, -0.2) is 9.97 Å². The molecule has 1 saturated heterocycles. The van der Waals surface area contributed by atoms with Gasteiger partial charge in [-0.1, -0.05) is 36.4 Å². The van der Waals surface area contributed by atoms with Crippen LogP contribution in [0.25, 0.3) is 21.9 Å². The second-order valence-corrected chi connectivity index (χ2v) is 8.81. The molecule has 0 spiro atoms.